The second kappa shape index (κ2) is 1.76. The Labute approximate surface area is 51.8 Å². The molecule has 0 spiro atoms. The third-order valence-electron chi connectivity index (χ3n) is 1.45. The van der Waals surface area contributed by atoms with E-state index < -0.39 is 0 Å². The Kier molecular flexibility index (Phi) is 1.36. The lowest BCUT2D eigenvalue weighted by Gasteiger charge is -2.15. The van der Waals surface area contributed by atoms with Crippen LogP contribution in [0.1, 0.15) is 20.3 Å². The van der Waals surface area contributed by atoms with Crippen LogP contribution in [0.15, 0.2) is 0 Å². The minimum atomic E-state index is -0.334. The molecular formula is C6H11BO. The fraction of sp³-hybridized carbons (Fsp3) is 1.00. The quantitative estimate of drug-likeness (QED) is 0.421. The highest BCUT2D eigenvalue weighted by Gasteiger charge is 2.27. The second-order valence-corrected chi connectivity index (χ2v) is 2.93. The molecule has 1 heterocycles. The maximum Gasteiger partial charge on any atom is 0.113 e. The molecule has 0 amide bonds. The monoisotopic (exact) mass is 110 g/mol. The molecule has 1 saturated heterocycles. The molecule has 0 unspecified atom stereocenters. The first-order valence-corrected chi connectivity index (χ1v) is 3.03. The molecule has 0 saturated carbocycles. The van der Waals surface area contributed by atoms with Crippen LogP contribution in [0.4, 0.5) is 0 Å². The summed E-state index contributed by atoms with van der Waals surface area (Å²) < 4.78 is 5.23. The molecule has 2 radical (unpaired) electrons. The maximum absolute atomic E-state index is 5.65. The van der Waals surface area contributed by atoms with Gasteiger partial charge in [-0.2, -0.15) is 0 Å². The summed E-state index contributed by atoms with van der Waals surface area (Å²) >= 11 is 0. The van der Waals surface area contributed by atoms with E-state index in [2.05, 4.69) is 6.92 Å². The molecule has 0 bridgehead atoms. The third kappa shape index (κ3) is 1.25. The molecular weight excluding hydrogens is 98.9 g/mol. The van der Waals surface area contributed by atoms with Crippen molar-refractivity contribution in [3.05, 3.63) is 0 Å². The van der Waals surface area contributed by atoms with E-state index in [1.807, 2.05) is 6.92 Å². The van der Waals surface area contributed by atoms with Crippen molar-refractivity contribution in [3.8, 4) is 0 Å². The standard InChI is InChI=1S/C6H11BO/c1-5-3-6(2,7)8-4-5/h5H,3-4H2,1-2H3/t5-,6-/m1/s1. The van der Waals surface area contributed by atoms with E-state index in [9.17, 15) is 0 Å². The summed E-state index contributed by atoms with van der Waals surface area (Å²) in [5, 5.41) is 0. The summed E-state index contributed by atoms with van der Waals surface area (Å²) in [6.45, 7) is 4.90. The van der Waals surface area contributed by atoms with Crippen LogP contribution in [0.3, 0.4) is 0 Å². The fourth-order valence-corrected chi connectivity index (χ4v) is 1.14. The molecule has 2 heteroatoms. The van der Waals surface area contributed by atoms with Crippen LogP contribution in [0.2, 0.25) is 0 Å². The van der Waals surface area contributed by atoms with E-state index in [1.54, 1.807) is 0 Å². The summed E-state index contributed by atoms with van der Waals surface area (Å²) in [5.41, 5.74) is -0.334. The molecule has 1 aliphatic rings. The number of ether oxygens (including phenoxy) is 1. The van der Waals surface area contributed by atoms with Crippen molar-refractivity contribution in [1.29, 1.82) is 0 Å². The minimum Gasteiger partial charge on any atom is -0.385 e. The van der Waals surface area contributed by atoms with Gasteiger partial charge in [-0.05, 0) is 19.3 Å². The van der Waals surface area contributed by atoms with Crippen molar-refractivity contribution in [3.63, 3.8) is 0 Å². The predicted molar refractivity (Wildman–Crippen MR) is 33.9 cm³/mol. The van der Waals surface area contributed by atoms with E-state index in [1.165, 1.54) is 0 Å². The van der Waals surface area contributed by atoms with Gasteiger partial charge in [-0.1, -0.05) is 6.92 Å². The van der Waals surface area contributed by atoms with Crippen molar-refractivity contribution in [2.24, 2.45) is 5.92 Å². The Bertz CT molecular complexity index is 90.5. The zero-order valence-electron chi connectivity index (χ0n) is 5.48. The molecule has 2 atom stereocenters. The summed E-state index contributed by atoms with van der Waals surface area (Å²) in [6.07, 6.45) is 0.993. The highest BCUT2D eigenvalue weighted by molar-refractivity contribution is 6.14. The van der Waals surface area contributed by atoms with Crippen molar-refractivity contribution >= 4 is 7.85 Å². The highest BCUT2D eigenvalue weighted by atomic mass is 16.5. The number of hydrogen-bond acceptors (Lipinski definition) is 1. The van der Waals surface area contributed by atoms with Gasteiger partial charge in [0, 0.05) is 12.1 Å². The Morgan fingerprint density at radius 1 is 1.75 bits per heavy atom. The van der Waals surface area contributed by atoms with Crippen LogP contribution < -0.4 is 0 Å². The Morgan fingerprint density at radius 2 is 2.38 bits per heavy atom. The minimum absolute atomic E-state index is 0.334. The van der Waals surface area contributed by atoms with Gasteiger partial charge in [0.2, 0.25) is 0 Å². The molecule has 0 N–H and O–H groups in total. The zero-order valence-corrected chi connectivity index (χ0v) is 5.48. The van der Waals surface area contributed by atoms with Crippen LogP contribution in [0.5, 0.6) is 0 Å². The summed E-state index contributed by atoms with van der Waals surface area (Å²) in [4.78, 5) is 0. The van der Waals surface area contributed by atoms with Gasteiger partial charge in [-0.3, -0.25) is 0 Å². The van der Waals surface area contributed by atoms with Gasteiger partial charge in [0.15, 0.2) is 0 Å². The summed E-state index contributed by atoms with van der Waals surface area (Å²) in [5.74, 6) is 0.644. The summed E-state index contributed by atoms with van der Waals surface area (Å²) in [7, 11) is 5.65. The smallest absolute Gasteiger partial charge is 0.113 e. The Balaban J connectivity index is 2.44. The highest BCUT2D eigenvalue weighted by Crippen LogP contribution is 2.25. The SMILES string of the molecule is [B][C@@]1(C)C[C@@H](C)CO1. The summed E-state index contributed by atoms with van der Waals surface area (Å²) in [6, 6.07) is 0. The zero-order chi connectivity index (χ0) is 6.20. The molecule has 1 nitrogen and oxygen atoms in total. The first-order chi connectivity index (χ1) is 3.60. The van der Waals surface area contributed by atoms with Gasteiger partial charge in [0.05, 0.1) is 0 Å². The van der Waals surface area contributed by atoms with Crippen LogP contribution >= 0.6 is 0 Å². The predicted octanol–water partition coefficient (Wildman–Crippen LogP) is 0.927. The molecule has 1 aliphatic heterocycles. The first-order valence-electron chi connectivity index (χ1n) is 3.03. The largest absolute Gasteiger partial charge is 0.385 e. The Hall–Kier alpha value is 0.0249. The molecule has 44 valence electrons. The van der Waals surface area contributed by atoms with Crippen LogP contribution in [0, 0.1) is 5.92 Å². The van der Waals surface area contributed by atoms with E-state index in [-0.39, 0.29) is 5.50 Å². The second-order valence-electron chi connectivity index (χ2n) is 2.93. The van der Waals surface area contributed by atoms with Crippen LogP contribution in [-0.4, -0.2) is 20.0 Å². The normalized spacial score (nSPS) is 47.5. The fourth-order valence-electron chi connectivity index (χ4n) is 1.14. The molecule has 1 fully saturated rings. The van der Waals surface area contributed by atoms with E-state index >= 15 is 0 Å². The van der Waals surface area contributed by atoms with Crippen LogP contribution in [-0.2, 0) is 4.74 Å². The van der Waals surface area contributed by atoms with Gasteiger partial charge in [0.1, 0.15) is 7.85 Å². The van der Waals surface area contributed by atoms with E-state index in [4.69, 9.17) is 12.6 Å². The van der Waals surface area contributed by atoms with Gasteiger partial charge in [0.25, 0.3) is 0 Å². The van der Waals surface area contributed by atoms with Crippen molar-refractivity contribution < 1.29 is 4.74 Å². The molecule has 1 rings (SSSR count). The molecule has 0 aromatic rings. The maximum atomic E-state index is 5.65. The Morgan fingerprint density at radius 3 is 2.50 bits per heavy atom. The topological polar surface area (TPSA) is 9.23 Å². The lowest BCUT2D eigenvalue weighted by Crippen LogP contribution is -2.22. The molecule has 0 aromatic carbocycles. The van der Waals surface area contributed by atoms with E-state index in [0.29, 0.717) is 5.92 Å². The van der Waals surface area contributed by atoms with Crippen LogP contribution in [0.25, 0.3) is 0 Å². The van der Waals surface area contributed by atoms with Crippen molar-refractivity contribution in [2.75, 3.05) is 6.61 Å². The average molecular weight is 110 g/mol. The molecule has 0 aliphatic carbocycles. The first kappa shape index (κ1) is 6.15. The number of hydrogen-bond donors (Lipinski definition) is 0. The van der Waals surface area contributed by atoms with Crippen molar-refractivity contribution in [1.82, 2.24) is 0 Å². The van der Waals surface area contributed by atoms with Crippen molar-refractivity contribution in [2.45, 2.75) is 25.8 Å². The van der Waals surface area contributed by atoms with Gasteiger partial charge in [-0.25, -0.2) is 0 Å². The lowest BCUT2D eigenvalue weighted by atomic mass is 9.79. The molecule has 0 aromatic heterocycles. The van der Waals surface area contributed by atoms with Gasteiger partial charge in [-0.15, -0.1) is 0 Å². The van der Waals surface area contributed by atoms with E-state index in [0.717, 1.165) is 13.0 Å². The van der Waals surface area contributed by atoms with Gasteiger partial charge >= 0.3 is 0 Å². The number of rotatable bonds is 0. The molecule has 8 heavy (non-hydrogen) atoms. The van der Waals surface area contributed by atoms with Gasteiger partial charge < -0.3 is 4.74 Å². The average Bonchev–Trinajstić information content (AvgIpc) is 1.82. The lowest BCUT2D eigenvalue weighted by molar-refractivity contribution is 0.0870. The third-order valence-corrected chi connectivity index (χ3v) is 1.45.